The van der Waals surface area contributed by atoms with E-state index in [9.17, 15) is 9.90 Å². The van der Waals surface area contributed by atoms with Gasteiger partial charge in [0, 0.05) is 67.4 Å². The lowest BCUT2D eigenvalue weighted by Gasteiger charge is -2.43. The number of aromatic nitrogens is 2. The highest BCUT2D eigenvalue weighted by Crippen LogP contribution is 2.37. The van der Waals surface area contributed by atoms with Gasteiger partial charge in [-0.2, -0.15) is 0 Å². The molecular weight excluding hydrogens is 378 g/mol. The van der Waals surface area contributed by atoms with E-state index in [1.165, 1.54) is 0 Å². The Kier molecular flexibility index (Phi) is 4.79. The van der Waals surface area contributed by atoms with Gasteiger partial charge in [0.1, 0.15) is 11.5 Å². The summed E-state index contributed by atoms with van der Waals surface area (Å²) in [5.41, 5.74) is 4.08. The van der Waals surface area contributed by atoms with E-state index < -0.39 is 0 Å². The van der Waals surface area contributed by atoms with E-state index in [2.05, 4.69) is 16.0 Å². The number of benzene rings is 1. The summed E-state index contributed by atoms with van der Waals surface area (Å²) >= 11 is 0. The van der Waals surface area contributed by atoms with Crippen LogP contribution >= 0.6 is 0 Å². The average molecular weight is 403 g/mol. The number of methoxy groups -OCH3 is 1. The number of piperidine rings is 1. The summed E-state index contributed by atoms with van der Waals surface area (Å²) in [6.07, 6.45) is 4.65. The fraction of sp³-hybridized carbons (Fsp3) is 0.333. The Bertz CT molecular complexity index is 1130. The van der Waals surface area contributed by atoms with Crippen molar-refractivity contribution < 1.29 is 9.84 Å². The van der Waals surface area contributed by atoms with Gasteiger partial charge >= 0.3 is 0 Å². The SMILES string of the molecule is COc1ccc(O)cc1CN1C[C@@H]2C[C@H](C1)c1cc(-c3cccnc3)cc(=O)n1C2. The van der Waals surface area contributed by atoms with Gasteiger partial charge < -0.3 is 14.4 Å². The summed E-state index contributed by atoms with van der Waals surface area (Å²) in [6.45, 7) is 3.29. The molecule has 154 valence electrons. The maximum absolute atomic E-state index is 12.9. The molecule has 0 amide bonds. The third-order valence-corrected chi connectivity index (χ3v) is 6.28. The first-order valence-electron chi connectivity index (χ1n) is 10.3. The third-order valence-electron chi connectivity index (χ3n) is 6.28. The number of phenolic OH excluding ortho intramolecular Hbond substituents is 1. The van der Waals surface area contributed by atoms with Crippen LogP contribution in [0.2, 0.25) is 0 Å². The Balaban J connectivity index is 1.45. The van der Waals surface area contributed by atoms with Crippen molar-refractivity contribution in [1.29, 1.82) is 0 Å². The molecule has 6 heteroatoms. The molecule has 3 aromatic rings. The second kappa shape index (κ2) is 7.61. The molecule has 2 bridgehead atoms. The lowest BCUT2D eigenvalue weighted by molar-refractivity contribution is 0.113. The molecule has 1 fully saturated rings. The minimum Gasteiger partial charge on any atom is -0.508 e. The van der Waals surface area contributed by atoms with Crippen molar-refractivity contribution in [2.45, 2.75) is 25.4 Å². The lowest BCUT2D eigenvalue weighted by atomic mass is 9.82. The van der Waals surface area contributed by atoms with Gasteiger partial charge in [-0.3, -0.25) is 14.7 Å². The van der Waals surface area contributed by atoms with Crippen LogP contribution in [-0.2, 0) is 13.1 Å². The third kappa shape index (κ3) is 3.48. The molecule has 5 rings (SSSR count). The molecule has 30 heavy (non-hydrogen) atoms. The van der Waals surface area contributed by atoms with Gasteiger partial charge in [0.05, 0.1) is 7.11 Å². The maximum atomic E-state index is 12.9. The Morgan fingerprint density at radius 3 is 2.83 bits per heavy atom. The molecule has 2 aliphatic heterocycles. The van der Waals surface area contributed by atoms with Crippen LogP contribution in [0.15, 0.2) is 59.7 Å². The fourth-order valence-electron chi connectivity index (χ4n) is 5.02. The highest BCUT2D eigenvalue weighted by molar-refractivity contribution is 5.62. The number of phenols is 1. The average Bonchev–Trinajstić information content (AvgIpc) is 2.75. The van der Waals surface area contributed by atoms with E-state index in [0.717, 1.165) is 60.7 Å². The van der Waals surface area contributed by atoms with Crippen LogP contribution < -0.4 is 10.3 Å². The van der Waals surface area contributed by atoms with Crippen molar-refractivity contribution in [1.82, 2.24) is 14.5 Å². The van der Waals surface area contributed by atoms with E-state index in [-0.39, 0.29) is 11.3 Å². The van der Waals surface area contributed by atoms with E-state index in [0.29, 0.717) is 11.8 Å². The number of ether oxygens (including phenoxy) is 1. The molecule has 6 nitrogen and oxygen atoms in total. The first kappa shape index (κ1) is 18.9. The number of hydrogen-bond donors (Lipinski definition) is 1. The van der Waals surface area contributed by atoms with Crippen LogP contribution in [0.1, 0.15) is 23.6 Å². The van der Waals surface area contributed by atoms with E-state index in [1.807, 2.05) is 22.8 Å². The monoisotopic (exact) mass is 403 g/mol. The van der Waals surface area contributed by atoms with Gasteiger partial charge in [-0.05, 0) is 48.2 Å². The number of hydrogen-bond acceptors (Lipinski definition) is 5. The second-order valence-electron chi connectivity index (χ2n) is 8.35. The van der Waals surface area contributed by atoms with Crippen molar-refractivity contribution >= 4 is 0 Å². The van der Waals surface area contributed by atoms with Crippen molar-refractivity contribution in [3.05, 3.63) is 76.5 Å². The molecule has 2 aromatic heterocycles. The molecule has 4 heterocycles. The lowest BCUT2D eigenvalue weighted by Crippen LogP contribution is -2.46. The van der Waals surface area contributed by atoms with Crippen molar-refractivity contribution in [2.24, 2.45) is 5.92 Å². The zero-order valence-electron chi connectivity index (χ0n) is 17.0. The minimum atomic E-state index is 0.0733. The summed E-state index contributed by atoms with van der Waals surface area (Å²) in [4.78, 5) is 19.5. The van der Waals surface area contributed by atoms with E-state index in [1.54, 1.807) is 37.7 Å². The first-order valence-corrected chi connectivity index (χ1v) is 10.3. The van der Waals surface area contributed by atoms with Crippen molar-refractivity contribution in [3.8, 4) is 22.6 Å². The first-order chi connectivity index (χ1) is 14.6. The summed E-state index contributed by atoms with van der Waals surface area (Å²) < 4.78 is 7.45. The molecule has 1 saturated heterocycles. The zero-order valence-corrected chi connectivity index (χ0v) is 17.0. The highest BCUT2D eigenvalue weighted by atomic mass is 16.5. The molecule has 0 unspecified atom stereocenters. The zero-order chi connectivity index (χ0) is 20.7. The summed E-state index contributed by atoms with van der Waals surface area (Å²) in [5, 5.41) is 9.91. The van der Waals surface area contributed by atoms with Crippen LogP contribution in [0.5, 0.6) is 11.5 Å². The van der Waals surface area contributed by atoms with Gasteiger partial charge in [-0.25, -0.2) is 0 Å². The number of nitrogens with zero attached hydrogens (tertiary/aromatic N) is 3. The predicted octanol–water partition coefficient (Wildman–Crippen LogP) is 3.24. The highest BCUT2D eigenvalue weighted by Gasteiger charge is 2.35. The molecule has 1 aromatic carbocycles. The molecule has 2 atom stereocenters. The van der Waals surface area contributed by atoms with E-state index >= 15 is 0 Å². The Labute approximate surface area is 175 Å². The number of fused-ring (bicyclic) bond motifs is 4. The summed E-state index contributed by atoms with van der Waals surface area (Å²) in [6, 6.07) is 13.0. The molecule has 0 spiro atoms. The van der Waals surface area contributed by atoms with Gasteiger partial charge in [0.2, 0.25) is 0 Å². The van der Waals surface area contributed by atoms with Crippen molar-refractivity contribution in [3.63, 3.8) is 0 Å². The molecular formula is C24H25N3O3. The predicted molar refractivity (Wildman–Crippen MR) is 115 cm³/mol. The van der Waals surface area contributed by atoms with Crippen LogP contribution in [0.25, 0.3) is 11.1 Å². The van der Waals surface area contributed by atoms with Crippen LogP contribution in [0, 0.1) is 5.92 Å². The van der Waals surface area contributed by atoms with Crippen molar-refractivity contribution in [2.75, 3.05) is 20.2 Å². The molecule has 1 N–H and O–H groups in total. The fourth-order valence-corrected chi connectivity index (χ4v) is 5.02. The Morgan fingerprint density at radius 2 is 2.03 bits per heavy atom. The van der Waals surface area contributed by atoms with Gasteiger partial charge in [0.15, 0.2) is 0 Å². The molecule has 0 saturated carbocycles. The summed E-state index contributed by atoms with van der Waals surface area (Å²) in [7, 11) is 1.66. The van der Waals surface area contributed by atoms with Gasteiger partial charge in [-0.1, -0.05) is 6.07 Å². The van der Waals surface area contributed by atoms with E-state index in [4.69, 9.17) is 4.74 Å². The topological polar surface area (TPSA) is 67.6 Å². The van der Waals surface area contributed by atoms with Gasteiger partial charge in [0.25, 0.3) is 5.56 Å². The number of likely N-dealkylation sites (tertiary alicyclic amines) is 1. The van der Waals surface area contributed by atoms with Crippen LogP contribution in [0.4, 0.5) is 0 Å². The minimum absolute atomic E-state index is 0.0733. The van der Waals surface area contributed by atoms with Crippen LogP contribution in [0.3, 0.4) is 0 Å². The maximum Gasteiger partial charge on any atom is 0.251 e. The second-order valence-corrected chi connectivity index (χ2v) is 8.35. The number of pyridine rings is 2. The smallest absolute Gasteiger partial charge is 0.251 e. The Hall–Kier alpha value is -3.12. The van der Waals surface area contributed by atoms with Crippen LogP contribution in [-0.4, -0.2) is 39.8 Å². The summed E-state index contributed by atoms with van der Waals surface area (Å²) in [5.74, 6) is 1.80. The standard InChI is InChI=1S/C24H25N3O3/c1-30-23-5-4-21(28)8-20(23)15-26-12-16-7-19(14-26)22-9-18(10-24(29)27(22)13-16)17-3-2-6-25-11-17/h2-6,8-11,16,19,28H,7,12-15H2,1H3/t16-,19+/m0/s1. The largest absolute Gasteiger partial charge is 0.508 e. The molecule has 2 aliphatic rings. The number of aromatic hydroxyl groups is 1. The quantitative estimate of drug-likeness (QED) is 0.724. The van der Waals surface area contributed by atoms with Gasteiger partial charge in [-0.15, -0.1) is 0 Å². The molecule has 0 radical (unpaired) electrons. The molecule has 0 aliphatic carbocycles. The Morgan fingerprint density at radius 1 is 1.13 bits per heavy atom. The number of rotatable bonds is 4. The normalized spacial score (nSPS) is 20.6.